The van der Waals surface area contributed by atoms with Gasteiger partial charge in [-0.2, -0.15) is 0 Å². The van der Waals surface area contributed by atoms with Gasteiger partial charge in [0.05, 0.1) is 0 Å². The molecule has 0 spiro atoms. The van der Waals surface area contributed by atoms with Crippen LogP contribution in [0.1, 0.15) is 0 Å². The molecule has 0 aliphatic heterocycles. The highest BCUT2D eigenvalue weighted by molar-refractivity contribution is 14.1. The summed E-state index contributed by atoms with van der Waals surface area (Å²) in [7, 11) is 0. The molecule has 0 aliphatic rings. The van der Waals surface area contributed by atoms with E-state index in [-0.39, 0.29) is 0 Å². The van der Waals surface area contributed by atoms with Crippen LogP contribution in [0.2, 0.25) is 0 Å². The molecule has 0 aliphatic carbocycles. The summed E-state index contributed by atoms with van der Waals surface area (Å²) >= 11 is 8.99. The van der Waals surface area contributed by atoms with Crippen molar-refractivity contribution in [2.24, 2.45) is 0 Å². The van der Waals surface area contributed by atoms with Crippen LogP contribution in [0.25, 0.3) is 0 Å². The molecular weight excluding hydrogens is 373 g/mol. The van der Waals surface area contributed by atoms with Gasteiger partial charge in [-0.3, -0.25) is 0 Å². The first-order valence-corrected chi connectivity index (χ1v) is 5.18. The van der Waals surface area contributed by atoms with Gasteiger partial charge in [0.1, 0.15) is 0 Å². The van der Waals surface area contributed by atoms with Crippen LogP contribution >= 0.6 is 54.5 Å². The summed E-state index contributed by atoms with van der Waals surface area (Å²) in [6.07, 6.45) is 0. The summed E-state index contributed by atoms with van der Waals surface area (Å²) < 4.78 is 3.17. The number of benzene rings is 1. The average molecular weight is 377 g/mol. The van der Waals surface area contributed by atoms with Crippen LogP contribution in [-0.2, 0) is 0 Å². The van der Waals surface area contributed by atoms with Gasteiger partial charge in [-0.05, 0) is 66.6 Å². The lowest BCUT2D eigenvalue weighted by Gasteiger charge is -2.00. The quantitative estimate of drug-likeness (QED) is 0.419. The summed E-state index contributed by atoms with van der Waals surface area (Å²) in [4.78, 5) is 0. The van der Waals surface area contributed by atoms with Crippen LogP contribution in [0.3, 0.4) is 0 Å². The summed E-state index contributed by atoms with van der Waals surface area (Å²) in [5.74, 6) is 0. The Balaban J connectivity index is 3.31. The van der Waals surface area contributed by atoms with Crippen LogP contribution in [0.5, 0.6) is 0 Å². The third-order valence-electron chi connectivity index (χ3n) is 1.01. The molecule has 0 aromatic heterocycles. The standard InChI is InChI=1S/C6H4Br2IN/c7-4-1-3(10)2-5(9)6(4)8/h1-2H,10H2. The van der Waals surface area contributed by atoms with E-state index in [0.717, 1.165) is 18.2 Å². The highest BCUT2D eigenvalue weighted by atomic mass is 127. The fraction of sp³-hybridized carbons (Fsp3) is 0. The minimum Gasteiger partial charge on any atom is -0.399 e. The minimum atomic E-state index is 0.777. The van der Waals surface area contributed by atoms with E-state index < -0.39 is 0 Å². The lowest BCUT2D eigenvalue weighted by atomic mass is 10.3. The first-order valence-electron chi connectivity index (χ1n) is 2.51. The lowest BCUT2D eigenvalue weighted by Crippen LogP contribution is -1.86. The molecule has 0 atom stereocenters. The number of nitrogens with two attached hydrogens (primary N) is 1. The highest BCUT2D eigenvalue weighted by Crippen LogP contribution is 2.30. The van der Waals surface area contributed by atoms with Gasteiger partial charge < -0.3 is 5.73 Å². The summed E-state index contributed by atoms with van der Waals surface area (Å²) in [5, 5.41) is 0. The second-order valence-electron chi connectivity index (χ2n) is 1.80. The van der Waals surface area contributed by atoms with Gasteiger partial charge in [0.2, 0.25) is 0 Å². The average Bonchev–Trinajstić information content (AvgIpc) is 1.82. The molecule has 1 aromatic rings. The fourth-order valence-corrected chi connectivity index (χ4v) is 2.30. The lowest BCUT2D eigenvalue weighted by molar-refractivity contribution is 1.53. The predicted octanol–water partition coefficient (Wildman–Crippen LogP) is 3.40. The van der Waals surface area contributed by atoms with E-state index in [1.165, 1.54) is 0 Å². The summed E-state index contributed by atoms with van der Waals surface area (Å²) in [6.45, 7) is 0. The van der Waals surface area contributed by atoms with Gasteiger partial charge in [0, 0.05) is 18.2 Å². The minimum absolute atomic E-state index is 0.777. The SMILES string of the molecule is Nc1cc(Br)c(Br)c(I)c1. The van der Waals surface area contributed by atoms with Crippen molar-refractivity contribution in [1.82, 2.24) is 0 Å². The monoisotopic (exact) mass is 375 g/mol. The molecule has 4 heteroatoms. The number of anilines is 1. The van der Waals surface area contributed by atoms with Crippen molar-refractivity contribution < 1.29 is 0 Å². The van der Waals surface area contributed by atoms with Crippen molar-refractivity contribution in [3.8, 4) is 0 Å². The second-order valence-corrected chi connectivity index (χ2v) is 4.61. The maximum atomic E-state index is 5.57. The second kappa shape index (κ2) is 3.40. The topological polar surface area (TPSA) is 26.0 Å². The van der Waals surface area contributed by atoms with Crippen LogP contribution in [0.4, 0.5) is 5.69 Å². The van der Waals surface area contributed by atoms with Crippen molar-refractivity contribution in [3.05, 3.63) is 24.6 Å². The van der Waals surface area contributed by atoms with Gasteiger partial charge in [-0.15, -0.1) is 0 Å². The Morgan fingerprint density at radius 3 is 2.40 bits per heavy atom. The Kier molecular flexibility index (Phi) is 3.00. The zero-order valence-electron chi connectivity index (χ0n) is 4.87. The number of halogens is 3. The van der Waals surface area contributed by atoms with E-state index >= 15 is 0 Å². The van der Waals surface area contributed by atoms with E-state index in [2.05, 4.69) is 54.5 Å². The van der Waals surface area contributed by atoms with Gasteiger partial charge in [0.25, 0.3) is 0 Å². The Morgan fingerprint density at radius 2 is 1.90 bits per heavy atom. The molecule has 0 saturated heterocycles. The van der Waals surface area contributed by atoms with Crippen LogP contribution in [0, 0.1) is 3.57 Å². The van der Waals surface area contributed by atoms with E-state index in [4.69, 9.17) is 5.73 Å². The van der Waals surface area contributed by atoms with Crippen LogP contribution in [0.15, 0.2) is 21.1 Å². The number of rotatable bonds is 0. The molecule has 1 nitrogen and oxygen atoms in total. The fourth-order valence-electron chi connectivity index (χ4n) is 0.575. The third-order valence-corrected chi connectivity index (χ3v) is 4.61. The third kappa shape index (κ3) is 1.85. The Morgan fingerprint density at radius 1 is 1.30 bits per heavy atom. The van der Waals surface area contributed by atoms with E-state index in [1.54, 1.807) is 0 Å². The zero-order valence-corrected chi connectivity index (χ0v) is 10.2. The number of hydrogen-bond donors (Lipinski definition) is 1. The molecule has 1 rings (SSSR count). The van der Waals surface area contributed by atoms with Crippen molar-refractivity contribution in [3.63, 3.8) is 0 Å². The first kappa shape index (κ1) is 8.80. The Hall–Kier alpha value is 0.710. The molecule has 0 fully saturated rings. The molecule has 10 heavy (non-hydrogen) atoms. The Labute approximate surface area is 89.8 Å². The van der Waals surface area contributed by atoms with Crippen molar-refractivity contribution in [1.29, 1.82) is 0 Å². The van der Waals surface area contributed by atoms with Crippen molar-refractivity contribution in [2.45, 2.75) is 0 Å². The number of hydrogen-bond acceptors (Lipinski definition) is 1. The maximum Gasteiger partial charge on any atom is 0.0452 e. The molecule has 0 unspecified atom stereocenters. The molecule has 0 radical (unpaired) electrons. The molecule has 0 heterocycles. The van der Waals surface area contributed by atoms with Crippen LogP contribution < -0.4 is 5.73 Å². The maximum absolute atomic E-state index is 5.57. The molecule has 0 amide bonds. The number of nitrogen functional groups attached to an aromatic ring is 1. The molecular formula is C6H4Br2IN. The predicted molar refractivity (Wildman–Crippen MR) is 59.0 cm³/mol. The first-order chi connectivity index (χ1) is 4.61. The van der Waals surface area contributed by atoms with E-state index in [9.17, 15) is 0 Å². The molecule has 2 N–H and O–H groups in total. The van der Waals surface area contributed by atoms with E-state index in [1.807, 2.05) is 12.1 Å². The molecule has 54 valence electrons. The molecule has 0 saturated carbocycles. The zero-order chi connectivity index (χ0) is 7.72. The molecule has 0 bridgehead atoms. The van der Waals surface area contributed by atoms with Crippen molar-refractivity contribution >= 4 is 60.1 Å². The van der Waals surface area contributed by atoms with E-state index in [0.29, 0.717) is 0 Å². The molecule has 1 aromatic carbocycles. The van der Waals surface area contributed by atoms with Gasteiger partial charge in [-0.25, -0.2) is 0 Å². The summed E-state index contributed by atoms with van der Waals surface area (Å²) in [5.41, 5.74) is 6.35. The van der Waals surface area contributed by atoms with Gasteiger partial charge in [0.15, 0.2) is 0 Å². The normalized spacial score (nSPS) is 9.90. The van der Waals surface area contributed by atoms with Crippen LogP contribution in [-0.4, -0.2) is 0 Å². The van der Waals surface area contributed by atoms with Gasteiger partial charge >= 0.3 is 0 Å². The Bertz CT molecular complexity index is 239. The van der Waals surface area contributed by atoms with Gasteiger partial charge in [-0.1, -0.05) is 0 Å². The highest BCUT2D eigenvalue weighted by Gasteiger charge is 2.01. The summed E-state index contributed by atoms with van der Waals surface area (Å²) in [6, 6.07) is 3.78. The largest absolute Gasteiger partial charge is 0.399 e. The smallest absolute Gasteiger partial charge is 0.0452 e. The van der Waals surface area contributed by atoms with Crippen molar-refractivity contribution in [2.75, 3.05) is 5.73 Å².